The Morgan fingerprint density at radius 3 is 2.58 bits per heavy atom. The minimum atomic E-state index is -3.45. The lowest BCUT2D eigenvalue weighted by atomic mass is 10.3. The van der Waals surface area contributed by atoms with Crippen molar-refractivity contribution in [1.29, 1.82) is 0 Å². The maximum atomic E-state index is 12.0. The van der Waals surface area contributed by atoms with Crippen molar-refractivity contribution >= 4 is 22.4 Å². The van der Waals surface area contributed by atoms with Crippen LogP contribution in [0.3, 0.4) is 0 Å². The van der Waals surface area contributed by atoms with Crippen molar-refractivity contribution in [2.75, 3.05) is 26.2 Å². The first-order valence-corrected chi connectivity index (χ1v) is 7.51. The molecule has 110 valence electrons. The van der Waals surface area contributed by atoms with Gasteiger partial charge in [0, 0.05) is 19.2 Å². The summed E-state index contributed by atoms with van der Waals surface area (Å²) < 4.78 is 31.7. The van der Waals surface area contributed by atoms with Crippen LogP contribution in [0.2, 0.25) is 0 Å². The lowest BCUT2D eigenvalue weighted by molar-refractivity contribution is 0.339. The van der Waals surface area contributed by atoms with E-state index >= 15 is 0 Å². The molecule has 0 aliphatic carbocycles. The van der Waals surface area contributed by atoms with Crippen molar-refractivity contribution in [3.05, 3.63) is 24.3 Å². The van der Waals surface area contributed by atoms with E-state index in [2.05, 4.69) is 10.0 Å². The van der Waals surface area contributed by atoms with Crippen LogP contribution in [-0.4, -0.2) is 34.7 Å². The number of sulfonamides is 1. The topological polar surface area (TPSA) is 67.4 Å². The van der Waals surface area contributed by atoms with Gasteiger partial charge >= 0.3 is 0 Å². The molecule has 0 amide bonds. The van der Waals surface area contributed by atoms with Crippen molar-refractivity contribution in [1.82, 2.24) is 10.0 Å². The molecule has 0 aliphatic rings. The molecule has 0 aromatic heterocycles. The normalized spacial score (nSPS) is 10.8. The average Bonchev–Trinajstić information content (AvgIpc) is 2.36. The molecule has 1 aromatic carbocycles. The number of halogens is 1. The second-order valence-corrected chi connectivity index (χ2v) is 5.43. The van der Waals surface area contributed by atoms with E-state index < -0.39 is 10.0 Å². The number of benzene rings is 1. The Morgan fingerprint density at radius 1 is 1.21 bits per heavy atom. The molecular weight excluding hydrogens is 288 g/mol. The molecule has 0 aliphatic heterocycles. The van der Waals surface area contributed by atoms with E-state index in [-0.39, 0.29) is 17.3 Å². The fourth-order valence-corrected chi connectivity index (χ4v) is 2.50. The Balaban J connectivity index is 0.00000324. The van der Waals surface area contributed by atoms with E-state index in [1.165, 1.54) is 6.07 Å². The van der Waals surface area contributed by atoms with Crippen LogP contribution in [0.5, 0.6) is 5.75 Å². The van der Waals surface area contributed by atoms with E-state index in [1.807, 2.05) is 13.8 Å². The van der Waals surface area contributed by atoms with Crippen LogP contribution in [0.25, 0.3) is 0 Å². The van der Waals surface area contributed by atoms with Crippen LogP contribution >= 0.6 is 12.4 Å². The van der Waals surface area contributed by atoms with Gasteiger partial charge in [-0.05, 0) is 25.6 Å². The van der Waals surface area contributed by atoms with Gasteiger partial charge in [0.1, 0.15) is 5.75 Å². The monoisotopic (exact) mass is 308 g/mol. The molecule has 0 saturated heterocycles. The average molecular weight is 309 g/mol. The molecule has 1 rings (SSSR count). The summed E-state index contributed by atoms with van der Waals surface area (Å²) in [5, 5.41) is 3.05. The molecule has 0 unspecified atom stereocenters. The number of ether oxygens (including phenoxy) is 1. The lowest BCUT2D eigenvalue weighted by Gasteiger charge is -2.09. The Bertz CT molecular complexity index is 466. The number of hydrogen-bond donors (Lipinski definition) is 2. The van der Waals surface area contributed by atoms with Gasteiger partial charge in [-0.15, -0.1) is 12.4 Å². The Kier molecular flexibility index (Phi) is 8.75. The van der Waals surface area contributed by atoms with Gasteiger partial charge in [-0.25, -0.2) is 13.1 Å². The van der Waals surface area contributed by atoms with Gasteiger partial charge in [-0.3, -0.25) is 0 Å². The van der Waals surface area contributed by atoms with E-state index in [1.54, 1.807) is 18.2 Å². The predicted molar refractivity (Wildman–Crippen MR) is 78.6 cm³/mol. The molecular formula is C12H21ClN2O3S. The molecule has 0 fully saturated rings. The quantitative estimate of drug-likeness (QED) is 0.712. The number of likely N-dealkylation sites (N-methyl/N-ethyl adjacent to an activating group) is 1. The summed E-state index contributed by atoms with van der Waals surface area (Å²) >= 11 is 0. The first kappa shape index (κ1) is 18.2. The van der Waals surface area contributed by atoms with Crippen molar-refractivity contribution in [3.63, 3.8) is 0 Å². The summed E-state index contributed by atoms with van der Waals surface area (Å²) in [6.45, 7) is 6.14. The lowest BCUT2D eigenvalue weighted by Crippen LogP contribution is -2.31. The third-order valence-electron chi connectivity index (χ3n) is 2.27. The molecule has 7 heteroatoms. The molecule has 0 atom stereocenters. The molecule has 0 heterocycles. The maximum Gasteiger partial charge on any atom is 0.240 e. The highest BCUT2D eigenvalue weighted by Crippen LogP contribution is 2.17. The molecule has 1 aromatic rings. The second kappa shape index (κ2) is 9.14. The van der Waals surface area contributed by atoms with Crippen LogP contribution in [0.4, 0.5) is 0 Å². The van der Waals surface area contributed by atoms with Gasteiger partial charge in [-0.2, -0.15) is 0 Å². The fraction of sp³-hybridized carbons (Fsp3) is 0.500. The van der Waals surface area contributed by atoms with Crippen LogP contribution in [0, 0.1) is 0 Å². The van der Waals surface area contributed by atoms with Crippen LogP contribution < -0.4 is 14.8 Å². The van der Waals surface area contributed by atoms with Gasteiger partial charge in [-0.1, -0.05) is 13.0 Å². The zero-order valence-corrected chi connectivity index (χ0v) is 12.8. The highest BCUT2D eigenvalue weighted by molar-refractivity contribution is 7.89. The van der Waals surface area contributed by atoms with Gasteiger partial charge < -0.3 is 10.1 Å². The summed E-state index contributed by atoms with van der Waals surface area (Å²) in [4.78, 5) is 0.227. The molecule has 5 nitrogen and oxygen atoms in total. The third kappa shape index (κ3) is 6.24. The summed E-state index contributed by atoms with van der Waals surface area (Å²) in [6, 6.07) is 6.49. The minimum absolute atomic E-state index is 0. The first-order valence-electron chi connectivity index (χ1n) is 6.03. The number of nitrogens with one attached hydrogen (secondary N) is 2. The van der Waals surface area contributed by atoms with E-state index in [0.717, 1.165) is 6.54 Å². The van der Waals surface area contributed by atoms with Crippen molar-refractivity contribution in [2.45, 2.75) is 18.7 Å². The summed E-state index contributed by atoms with van der Waals surface area (Å²) in [5.74, 6) is 0.562. The zero-order chi connectivity index (χ0) is 13.4. The smallest absolute Gasteiger partial charge is 0.240 e. The van der Waals surface area contributed by atoms with Crippen molar-refractivity contribution in [3.8, 4) is 5.75 Å². The Labute approximate surface area is 121 Å². The van der Waals surface area contributed by atoms with Gasteiger partial charge in [0.15, 0.2) is 0 Å². The van der Waals surface area contributed by atoms with Crippen molar-refractivity contribution < 1.29 is 13.2 Å². The zero-order valence-electron chi connectivity index (χ0n) is 11.2. The molecule has 0 spiro atoms. The fourth-order valence-electron chi connectivity index (χ4n) is 1.43. The summed E-state index contributed by atoms with van der Waals surface area (Å²) in [7, 11) is -3.45. The SMILES string of the molecule is CCNCCNS(=O)(=O)c1cccc(OCC)c1.Cl. The predicted octanol–water partition coefficient (Wildman–Crippen LogP) is 1.39. The van der Waals surface area contributed by atoms with Crippen LogP contribution in [-0.2, 0) is 10.0 Å². The third-order valence-corrected chi connectivity index (χ3v) is 3.73. The van der Waals surface area contributed by atoms with E-state index in [4.69, 9.17) is 4.74 Å². The van der Waals surface area contributed by atoms with Gasteiger partial charge in [0.05, 0.1) is 11.5 Å². The van der Waals surface area contributed by atoms with E-state index in [9.17, 15) is 8.42 Å². The standard InChI is InChI=1S/C12H20N2O3S.ClH/c1-3-13-8-9-14-18(15,16)12-7-5-6-11(10-12)17-4-2;/h5-7,10,13-14H,3-4,8-9H2,1-2H3;1H. The van der Waals surface area contributed by atoms with Gasteiger partial charge in [0.25, 0.3) is 0 Å². The molecule has 0 saturated carbocycles. The highest BCUT2D eigenvalue weighted by Gasteiger charge is 2.13. The molecule has 0 radical (unpaired) electrons. The summed E-state index contributed by atoms with van der Waals surface area (Å²) in [6.07, 6.45) is 0. The maximum absolute atomic E-state index is 12.0. The highest BCUT2D eigenvalue weighted by atomic mass is 35.5. The minimum Gasteiger partial charge on any atom is -0.494 e. The van der Waals surface area contributed by atoms with Crippen molar-refractivity contribution in [2.24, 2.45) is 0 Å². The van der Waals surface area contributed by atoms with Crippen LogP contribution in [0.15, 0.2) is 29.2 Å². The molecule has 0 bridgehead atoms. The van der Waals surface area contributed by atoms with Crippen LogP contribution in [0.1, 0.15) is 13.8 Å². The second-order valence-electron chi connectivity index (χ2n) is 3.66. The summed E-state index contributed by atoms with van der Waals surface area (Å²) in [5.41, 5.74) is 0. The van der Waals surface area contributed by atoms with E-state index in [0.29, 0.717) is 25.4 Å². The Hall–Kier alpha value is -0.820. The number of hydrogen-bond acceptors (Lipinski definition) is 4. The first-order chi connectivity index (χ1) is 8.60. The number of rotatable bonds is 8. The molecule has 2 N–H and O–H groups in total. The van der Waals surface area contributed by atoms with Gasteiger partial charge in [0.2, 0.25) is 10.0 Å². The molecule has 19 heavy (non-hydrogen) atoms. The largest absolute Gasteiger partial charge is 0.494 e. The Morgan fingerprint density at radius 2 is 1.95 bits per heavy atom.